The average molecular weight is 266 g/mol. The van der Waals surface area contributed by atoms with Gasteiger partial charge in [-0.15, -0.1) is 5.10 Å². The number of aromatic nitrogens is 3. The fraction of sp³-hybridized carbons (Fsp3) is 0.455. The van der Waals surface area contributed by atoms with Crippen molar-refractivity contribution in [3.8, 4) is 0 Å². The summed E-state index contributed by atoms with van der Waals surface area (Å²) in [7, 11) is 0. The molecule has 0 saturated carbocycles. The van der Waals surface area contributed by atoms with Gasteiger partial charge in [-0.05, 0) is 20.3 Å². The van der Waals surface area contributed by atoms with Gasteiger partial charge in [-0.2, -0.15) is 0 Å². The van der Waals surface area contributed by atoms with Crippen LogP contribution in [0.15, 0.2) is 0 Å². The zero-order chi connectivity index (χ0) is 13.3. The Morgan fingerprint density at radius 2 is 2.28 bits per heavy atom. The maximum atomic E-state index is 11.4. The van der Waals surface area contributed by atoms with E-state index in [0.717, 1.165) is 6.42 Å². The molecule has 1 atom stereocenters. The normalized spacial score (nSPS) is 12.6. The molecule has 6 nitrogen and oxygen atoms in total. The van der Waals surface area contributed by atoms with Gasteiger partial charge in [0.15, 0.2) is 4.83 Å². The van der Waals surface area contributed by atoms with E-state index >= 15 is 0 Å². The van der Waals surface area contributed by atoms with Gasteiger partial charge in [-0.1, -0.05) is 11.4 Å². The van der Waals surface area contributed by atoms with E-state index in [-0.39, 0.29) is 11.6 Å². The molecule has 2 rings (SSSR count). The molecule has 2 aromatic heterocycles. The fourth-order valence-electron chi connectivity index (χ4n) is 1.67. The Morgan fingerprint density at radius 1 is 1.56 bits per heavy atom. The van der Waals surface area contributed by atoms with Crippen molar-refractivity contribution >= 4 is 33.5 Å². The molecule has 1 unspecified atom stereocenters. The Hall–Kier alpha value is -1.76. The number of pyridine rings is 1. The number of carboxylic acid groups (broad SMARTS) is 1. The second-order valence-corrected chi connectivity index (χ2v) is 4.87. The molecule has 0 aliphatic rings. The summed E-state index contributed by atoms with van der Waals surface area (Å²) in [5.41, 5.74) is 1.71. The number of hydrogen-bond acceptors (Lipinski definition) is 6. The molecule has 96 valence electrons. The van der Waals surface area contributed by atoms with Crippen LogP contribution in [-0.4, -0.2) is 31.7 Å². The van der Waals surface area contributed by atoms with Crippen molar-refractivity contribution in [2.75, 3.05) is 5.32 Å². The second kappa shape index (κ2) is 4.85. The largest absolute Gasteiger partial charge is 0.478 e. The molecule has 0 bridgehead atoms. The molecular weight excluding hydrogens is 252 g/mol. The quantitative estimate of drug-likeness (QED) is 0.882. The molecule has 18 heavy (non-hydrogen) atoms. The van der Waals surface area contributed by atoms with Gasteiger partial charge in [0, 0.05) is 17.6 Å². The average Bonchev–Trinajstić information content (AvgIpc) is 2.75. The summed E-state index contributed by atoms with van der Waals surface area (Å²) < 4.78 is 3.83. The zero-order valence-corrected chi connectivity index (χ0v) is 11.2. The van der Waals surface area contributed by atoms with E-state index in [9.17, 15) is 9.90 Å². The summed E-state index contributed by atoms with van der Waals surface area (Å²) in [6.07, 6.45) is 0.888. The third-order valence-electron chi connectivity index (χ3n) is 2.81. The number of aryl methyl sites for hydroxylation is 1. The van der Waals surface area contributed by atoms with Crippen molar-refractivity contribution in [1.29, 1.82) is 0 Å². The number of carboxylic acids is 1. The van der Waals surface area contributed by atoms with E-state index in [1.165, 1.54) is 11.5 Å². The van der Waals surface area contributed by atoms with Crippen LogP contribution in [0.1, 0.15) is 36.3 Å². The van der Waals surface area contributed by atoms with E-state index in [4.69, 9.17) is 0 Å². The van der Waals surface area contributed by atoms with Gasteiger partial charge in [0.1, 0.15) is 11.1 Å². The van der Waals surface area contributed by atoms with Crippen molar-refractivity contribution in [1.82, 2.24) is 14.6 Å². The lowest BCUT2D eigenvalue weighted by molar-refractivity contribution is 0.0697. The van der Waals surface area contributed by atoms with Crippen molar-refractivity contribution in [3.63, 3.8) is 0 Å². The molecule has 2 heterocycles. The van der Waals surface area contributed by atoms with E-state index in [1.807, 2.05) is 13.8 Å². The number of anilines is 1. The van der Waals surface area contributed by atoms with Gasteiger partial charge in [-0.3, -0.25) is 0 Å². The maximum absolute atomic E-state index is 11.4. The summed E-state index contributed by atoms with van der Waals surface area (Å²) in [5, 5.41) is 16.5. The van der Waals surface area contributed by atoms with Gasteiger partial charge >= 0.3 is 5.97 Å². The summed E-state index contributed by atoms with van der Waals surface area (Å²) in [6, 6.07) is 0.162. The van der Waals surface area contributed by atoms with Crippen molar-refractivity contribution in [2.45, 2.75) is 33.2 Å². The number of hydrogen-bond donors (Lipinski definition) is 2. The predicted octanol–water partition coefficient (Wildman–Crippen LogP) is 2.30. The topological polar surface area (TPSA) is 88.0 Å². The first-order chi connectivity index (χ1) is 8.54. The highest BCUT2D eigenvalue weighted by atomic mass is 32.1. The molecule has 0 aromatic carbocycles. The van der Waals surface area contributed by atoms with Gasteiger partial charge in [0.25, 0.3) is 0 Å². The van der Waals surface area contributed by atoms with Crippen LogP contribution in [-0.2, 0) is 0 Å². The van der Waals surface area contributed by atoms with Crippen LogP contribution in [0.2, 0.25) is 0 Å². The first-order valence-electron chi connectivity index (χ1n) is 5.67. The number of nitrogens with zero attached hydrogens (tertiary/aromatic N) is 3. The molecule has 7 heteroatoms. The SMILES string of the molecule is CCC(C)Nc1c(C(=O)O)c(C)nc2snnc12. The molecule has 0 aliphatic heterocycles. The Bertz CT molecular complexity index is 596. The van der Waals surface area contributed by atoms with Crippen LogP contribution >= 0.6 is 11.5 Å². The fourth-order valence-corrected chi connectivity index (χ4v) is 2.28. The van der Waals surface area contributed by atoms with Gasteiger partial charge in [-0.25, -0.2) is 9.78 Å². The van der Waals surface area contributed by atoms with Crippen molar-refractivity contribution < 1.29 is 9.90 Å². The number of carbonyl (C=O) groups is 1. The van der Waals surface area contributed by atoms with E-state index in [1.54, 1.807) is 6.92 Å². The Morgan fingerprint density at radius 3 is 2.89 bits per heavy atom. The minimum Gasteiger partial charge on any atom is -0.478 e. The molecular formula is C11H14N4O2S. The number of aromatic carboxylic acids is 1. The molecule has 2 aromatic rings. The molecule has 0 amide bonds. The third-order valence-corrected chi connectivity index (χ3v) is 3.43. The Labute approximate surface area is 108 Å². The Kier molecular flexibility index (Phi) is 3.42. The molecule has 0 aliphatic carbocycles. The van der Waals surface area contributed by atoms with Crippen molar-refractivity contribution in [3.05, 3.63) is 11.3 Å². The summed E-state index contributed by atoms with van der Waals surface area (Å²) >= 11 is 1.17. The van der Waals surface area contributed by atoms with E-state index in [0.29, 0.717) is 21.7 Å². The highest BCUT2D eigenvalue weighted by Crippen LogP contribution is 2.29. The predicted molar refractivity (Wildman–Crippen MR) is 70.3 cm³/mol. The lowest BCUT2D eigenvalue weighted by atomic mass is 10.1. The second-order valence-electron chi connectivity index (χ2n) is 4.13. The number of rotatable bonds is 4. The lowest BCUT2D eigenvalue weighted by Gasteiger charge is -2.16. The van der Waals surface area contributed by atoms with Crippen LogP contribution in [0.4, 0.5) is 5.69 Å². The first kappa shape index (κ1) is 12.7. The summed E-state index contributed by atoms with van der Waals surface area (Å²) in [5.74, 6) is -0.999. The standard InChI is InChI=1S/C11H14N4O2S/c1-4-5(2)12-8-7(11(16)17)6(3)13-10-9(8)14-15-18-10/h5H,4H2,1-3H3,(H,12,13)(H,16,17). The smallest absolute Gasteiger partial charge is 0.339 e. The highest BCUT2D eigenvalue weighted by Gasteiger charge is 2.21. The molecule has 0 fully saturated rings. The highest BCUT2D eigenvalue weighted by molar-refractivity contribution is 7.12. The lowest BCUT2D eigenvalue weighted by Crippen LogP contribution is -2.18. The van der Waals surface area contributed by atoms with Gasteiger partial charge in [0.2, 0.25) is 0 Å². The van der Waals surface area contributed by atoms with Crippen LogP contribution in [0, 0.1) is 6.92 Å². The number of fused-ring (bicyclic) bond motifs is 1. The summed E-state index contributed by atoms with van der Waals surface area (Å²) in [4.78, 5) is 16.2. The zero-order valence-electron chi connectivity index (χ0n) is 10.4. The Balaban J connectivity index is 2.67. The molecule has 0 saturated heterocycles. The van der Waals surface area contributed by atoms with Crippen LogP contribution in [0.3, 0.4) is 0 Å². The van der Waals surface area contributed by atoms with Crippen LogP contribution < -0.4 is 5.32 Å². The first-order valence-corrected chi connectivity index (χ1v) is 6.44. The van der Waals surface area contributed by atoms with Crippen LogP contribution in [0.25, 0.3) is 10.3 Å². The third kappa shape index (κ3) is 2.13. The molecule has 2 N–H and O–H groups in total. The monoisotopic (exact) mass is 266 g/mol. The van der Waals surface area contributed by atoms with Gasteiger partial charge in [0.05, 0.1) is 11.4 Å². The maximum Gasteiger partial charge on any atom is 0.339 e. The van der Waals surface area contributed by atoms with E-state index in [2.05, 4.69) is 19.9 Å². The van der Waals surface area contributed by atoms with Gasteiger partial charge < -0.3 is 10.4 Å². The van der Waals surface area contributed by atoms with Crippen molar-refractivity contribution in [2.24, 2.45) is 0 Å². The molecule has 0 spiro atoms. The minimum absolute atomic E-state index is 0.162. The van der Waals surface area contributed by atoms with Crippen LogP contribution in [0.5, 0.6) is 0 Å². The minimum atomic E-state index is -0.999. The summed E-state index contributed by atoms with van der Waals surface area (Å²) in [6.45, 7) is 5.71. The molecule has 0 radical (unpaired) electrons. The number of nitrogens with one attached hydrogen (secondary N) is 1. The van der Waals surface area contributed by atoms with E-state index < -0.39 is 5.97 Å².